The maximum Gasteiger partial charge on any atom is 0.341 e. The zero-order valence-corrected chi connectivity index (χ0v) is 25.4. The number of aliphatic hydroxyl groups is 6. The summed E-state index contributed by atoms with van der Waals surface area (Å²) in [6.45, 7) is -2.07. The summed E-state index contributed by atoms with van der Waals surface area (Å²) in [5.41, 5.74) is -3.51. The molecule has 10 atom stereocenters. The predicted molar refractivity (Wildman–Crippen MR) is 159 cm³/mol. The highest BCUT2D eigenvalue weighted by Gasteiger charge is 2.51. The van der Waals surface area contributed by atoms with E-state index in [0.29, 0.717) is 17.3 Å². The molecular formula is C30H30F3N3O11S. The van der Waals surface area contributed by atoms with Crippen LogP contribution in [0.5, 0.6) is 0 Å². The summed E-state index contributed by atoms with van der Waals surface area (Å²) in [4.78, 5) is 12.5. The Morgan fingerprint density at radius 3 is 2.31 bits per heavy atom. The highest BCUT2D eigenvalue weighted by molar-refractivity contribution is 8.00. The lowest BCUT2D eigenvalue weighted by atomic mass is 9.97. The monoisotopic (exact) mass is 697 g/mol. The summed E-state index contributed by atoms with van der Waals surface area (Å²) in [5, 5.41) is 71.8. The number of halogens is 3. The Kier molecular flexibility index (Phi) is 10.2. The van der Waals surface area contributed by atoms with Crippen molar-refractivity contribution >= 4 is 22.7 Å². The Morgan fingerprint density at radius 1 is 0.896 bits per heavy atom. The first-order valence-corrected chi connectivity index (χ1v) is 15.6. The SMILES string of the molecule is O=c1oc2ccc(F)c(F)c2cc1CO[C@H]1[C@@H](O)[C@@H](CO)O[C@@H](S[C@@H]2O[C@H](CO)[C@H](O)[C@H](n3cc(-c4cccc(F)c4)nn3)[C@H]2O)[C@@H]1O. The van der Waals surface area contributed by atoms with Gasteiger partial charge in [-0.15, -0.1) is 5.10 Å². The number of hydrogen-bond donors (Lipinski definition) is 6. The van der Waals surface area contributed by atoms with Gasteiger partial charge in [0.2, 0.25) is 0 Å². The molecule has 0 unspecified atom stereocenters. The highest BCUT2D eigenvalue weighted by Crippen LogP contribution is 2.40. The van der Waals surface area contributed by atoms with Gasteiger partial charge in [0.25, 0.3) is 0 Å². The van der Waals surface area contributed by atoms with Crippen molar-refractivity contribution in [3.8, 4) is 11.3 Å². The smallest absolute Gasteiger partial charge is 0.341 e. The molecule has 2 aromatic heterocycles. The highest BCUT2D eigenvalue weighted by atomic mass is 32.2. The third kappa shape index (κ3) is 6.60. The van der Waals surface area contributed by atoms with Crippen LogP contribution in [-0.4, -0.2) is 112 Å². The van der Waals surface area contributed by atoms with Gasteiger partial charge in [0.15, 0.2) is 11.6 Å². The molecular weight excluding hydrogens is 667 g/mol. The first-order valence-electron chi connectivity index (χ1n) is 14.6. The zero-order valence-electron chi connectivity index (χ0n) is 24.6. The van der Waals surface area contributed by atoms with E-state index >= 15 is 0 Å². The van der Waals surface area contributed by atoms with Crippen molar-refractivity contribution in [1.82, 2.24) is 15.0 Å². The molecule has 4 aromatic rings. The van der Waals surface area contributed by atoms with Gasteiger partial charge in [-0.25, -0.2) is 22.6 Å². The summed E-state index contributed by atoms with van der Waals surface area (Å²) in [7, 11) is 0. The van der Waals surface area contributed by atoms with Crippen LogP contribution in [0.2, 0.25) is 0 Å². The van der Waals surface area contributed by atoms with Crippen LogP contribution in [0, 0.1) is 17.5 Å². The molecule has 0 bridgehead atoms. The number of nitrogens with zero attached hydrogens (tertiary/aromatic N) is 3. The molecule has 2 aliphatic heterocycles. The molecule has 0 spiro atoms. The molecule has 2 aliphatic rings. The largest absolute Gasteiger partial charge is 0.422 e. The van der Waals surface area contributed by atoms with E-state index in [-0.39, 0.29) is 22.2 Å². The number of ether oxygens (including phenoxy) is 3. The van der Waals surface area contributed by atoms with Crippen molar-refractivity contribution in [2.24, 2.45) is 0 Å². The number of aliphatic hydroxyl groups excluding tert-OH is 6. The number of fused-ring (bicyclic) bond motifs is 1. The van der Waals surface area contributed by atoms with E-state index < -0.39 is 103 Å². The van der Waals surface area contributed by atoms with E-state index in [2.05, 4.69) is 10.3 Å². The van der Waals surface area contributed by atoms with Crippen LogP contribution < -0.4 is 5.63 Å². The molecule has 0 radical (unpaired) electrons. The number of aromatic nitrogens is 3. The Labute approximate surface area is 272 Å². The summed E-state index contributed by atoms with van der Waals surface area (Å²) >= 11 is 0.686. The van der Waals surface area contributed by atoms with E-state index in [4.69, 9.17) is 18.6 Å². The van der Waals surface area contributed by atoms with Crippen LogP contribution >= 0.6 is 11.8 Å². The second-order valence-electron chi connectivity index (χ2n) is 11.2. The second kappa shape index (κ2) is 14.2. The van der Waals surface area contributed by atoms with Gasteiger partial charge in [-0.05, 0) is 30.3 Å². The zero-order chi connectivity index (χ0) is 34.3. The lowest BCUT2D eigenvalue weighted by Crippen LogP contribution is -2.60. The molecule has 0 amide bonds. The second-order valence-corrected chi connectivity index (χ2v) is 12.4. The van der Waals surface area contributed by atoms with E-state index in [9.17, 15) is 48.6 Å². The van der Waals surface area contributed by atoms with E-state index in [1.807, 2.05) is 0 Å². The van der Waals surface area contributed by atoms with Crippen LogP contribution in [0.25, 0.3) is 22.2 Å². The van der Waals surface area contributed by atoms with Gasteiger partial charge in [0.1, 0.15) is 76.7 Å². The molecule has 2 fully saturated rings. The average molecular weight is 698 g/mol. The Morgan fingerprint density at radius 2 is 1.60 bits per heavy atom. The van der Waals surface area contributed by atoms with Crippen LogP contribution in [-0.2, 0) is 20.8 Å². The molecule has 0 saturated carbocycles. The minimum Gasteiger partial charge on any atom is -0.422 e. The van der Waals surface area contributed by atoms with Crippen molar-refractivity contribution in [3.63, 3.8) is 0 Å². The Hall–Kier alpha value is -3.43. The number of rotatable bonds is 9. The Bertz CT molecular complexity index is 1810. The third-order valence-electron chi connectivity index (χ3n) is 8.18. The van der Waals surface area contributed by atoms with Gasteiger partial charge >= 0.3 is 5.63 Å². The summed E-state index contributed by atoms with van der Waals surface area (Å²) in [5.74, 6) is -2.95. The minimum absolute atomic E-state index is 0.211. The number of hydrogen-bond acceptors (Lipinski definition) is 14. The Balaban J connectivity index is 1.21. The summed E-state index contributed by atoms with van der Waals surface area (Å²) < 4.78 is 65.2. The summed E-state index contributed by atoms with van der Waals surface area (Å²) in [6.07, 6.45) is -9.19. The lowest BCUT2D eigenvalue weighted by molar-refractivity contribution is -0.225. The lowest BCUT2D eigenvalue weighted by Gasteiger charge is -2.46. The molecule has 14 nitrogen and oxygen atoms in total. The van der Waals surface area contributed by atoms with Crippen molar-refractivity contribution in [2.75, 3.05) is 13.2 Å². The van der Waals surface area contributed by atoms with Crippen molar-refractivity contribution in [2.45, 2.75) is 66.2 Å². The first-order chi connectivity index (χ1) is 23.0. The van der Waals surface area contributed by atoms with Crippen LogP contribution in [0.4, 0.5) is 13.2 Å². The van der Waals surface area contributed by atoms with E-state index in [1.54, 1.807) is 6.07 Å². The van der Waals surface area contributed by atoms with E-state index in [0.717, 1.165) is 22.9 Å². The van der Waals surface area contributed by atoms with Gasteiger partial charge in [-0.3, -0.25) is 0 Å². The molecule has 4 heterocycles. The predicted octanol–water partition coefficient (Wildman–Crippen LogP) is 0.206. The topological polar surface area (TPSA) is 210 Å². The molecule has 6 rings (SSSR count). The number of benzene rings is 2. The average Bonchev–Trinajstić information content (AvgIpc) is 3.55. The fourth-order valence-corrected chi connectivity index (χ4v) is 6.96. The van der Waals surface area contributed by atoms with E-state index in [1.165, 1.54) is 24.4 Å². The van der Waals surface area contributed by atoms with Crippen LogP contribution in [0.1, 0.15) is 11.6 Å². The fourth-order valence-electron chi connectivity index (χ4n) is 5.65. The quantitative estimate of drug-likeness (QED) is 0.129. The van der Waals surface area contributed by atoms with Gasteiger partial charge in [0.05, 0.1) is 37.0 Å². The van der Waals surface area contributed by atoms with Crippen LogP contribution in [0.15, 0.2) is 57.9 Å². The molecule has 258 valence electrons. The van der Waals surface area contributed by atoms with Crippen molar-refractivity contribution in [3.05, 3.63) is 82.1 Å². The van der Waals surface area contributed by atoms with Gasteiger partial charge in [-0.2, -0.15) is 0 Å². The fraction of sp³-hybridized carbons (Fsp3) is 0.433. The maximum absolute atomic E-state index is 14.3. The summed E-state index contributed by atoms with van der Waals surface area (Å²) in [6, 6.07) is 7.16. The molecule has 2 saturated heterocycles. The van der Waals surface area contributed by atoms with Gasteiger partial charge in [-0.1, -0.05) is 29.1 Å². The molecule has 18 heteroatoms. The van der Waals surface area contributed by atoms with Crippen molar-refractivity contribution in [1.29, 1.82) is 0 Å². The third-order valence-corrected chi connectivity index (χ3v) is 9.50. The normalized spacial score (nSPS) is 30.9. The molecule has 6 N–H and O–H groups in total. The molecule has 2 aromatic carbocycles. The first kappa shape index (κ1) is 34.4. The molecule has 48 heavy (non-hydrogen) atoms. The molecule has 0 aliphatic carbocycles. The van der Waals surface area contributed by atoms with Crippen LogP contribution in [0.3, 0.4) is 0 Å². The minimum atomic E-state index is -1.70. The van der Waals surface area contributed by atoms with Gasteiger partial charge in [0, 0.05) is 5.56 Å². The number of thioether (sulfide) groups is 1. The van der Waals surface area contributed by atoms with Gasteiger partial charge < -0.3 is 49.3 Å². The standard InChI is InChI=1S/C30H30F3N3O11S/c31-14-3-1-2-12(6-14)17-8-36(35-34-17)22-23(39)19(9-37)46-29(25(22)41)48-30-26(42)27(24(40)20(10-38)47-30)44-11-13-7-15-18(45-28(13)43)5-4-16(32)21(15)33/h1-8,19-20,22-27,29-30,37-42H,9-11H2/t19-,20-,22+,23+,24+,25-,26-,27+,29+,30+/m1/s1. The van der Waals surface area contributed by atoms with Crippen molar-refractivity contribution < 1.29 is 62.4 Å². The maximum atomic E-state index is 14.3.